The zero-order chi connectivity index (χ0) is 28.2. The number of hydrogen-bond acceptors (Lipinski definition) is 10. The molecule has 0 unspecified atom stereocenters. The topological polar surface area (TPSA) is 119 Å². The largest absolute Gasteiger partial charge is 0.471 e. The molecule has 3 aromatic heterocycles. The van der Waals surface area contributed by atoms with Crippen molar-refractivity contribution >= 4 is 22.8 Å². The van der Waals surface area contributed by atoms with Crippen molar-refractivity contribution in [2.45, 2.75) is 32.2 Å². The van der Waals surface area contributed by atoms with Crippen LogP contribution in [0.3, 0.4) is 0 Å². The van der Waals surface area contributed by atoms with Gasteiger partial charge in [0.15, 0.2) is 0 Å². The molecule has 0 radical (unpaired) electrons. The number of hydrogen-bond donors (Lipinski definition) is 0. The third-order valence-corrected chi connectivity index (χ3v) is 7.52. The van der Waals surface area contributed by atoms with E-state index in [0.717, 1.165) is 67.6 Å². The van der Waals surface area contributed by atoms with Gasteiger partial charge in [-0.25, -0.2) is 9.78 Å². The lowest BCUT2D eigenvalue weighted by molar-refractivity contribution is -0.0592. The predicted molar refractivity (Wildman–Crippen MR) is 150 cm³/mol. The Morgan fingerprint density at radius 2 is 1.98 bits per heavy atom. The van der Waals surface area contributed by atoms with E-state index in [4.69, 9.17) is 29.4 Å². The molecule has 2 fully saturated rings. The van der Waals surface area contributed by atoms with Crippen molar-refractivity contribution < 1.29 is 19.0 Å². The minimum atomic E-state index is -0.355. The van der Waals surface area contributed by atoms with Crippen molar-refractivity contribution in [3.05, 3.63) is 77.4 Å². The summed E-state index contributed by atoms with van der Waals surface area (Å²) in [6.07, 6.45) is 2.73. The molecule has 1 atom stereocenters. The molecular weight excluding hydrogens is 522 g/mol. The minimum absolute atomic E-state index is 0.165. The Morgan fingerprint density at radius 1 is 1.12 bits per heavy atom. The molecule has 0 N–H and O–H groups in total. The number of fused-ring (bicyclic) bond motifs is 1. The summed E-state index contributed by atoms with van der Waals surface area (Å²) in [7, 11) is 1.39. The zero-order valence-corrected chi connectivity index (χ0v) is 22.9. The quantitative estimate of drug-likeness (QED) is 0.286. The molecule has 0 bridgehead atoms. The fourth-order valence-corrected chi connectivity index (χ4v) is 5.09. The molecule has 210 valence electrons. The number of imidazole rings is 1. The first-order chi connectivity index (χ1) is 20.1. The lowest BCUT2D eigenvalue weighted by Crippen LogP contribution is -2.46. The Bertz CT molecular complexity index is 1570. The van der Waals surface area contributed by atoms with E-state index < -0.39 is 0 Å². The highest BCUT2D eigenvalue weighted by molar-refractivity contribution is 5.93. The van der Waals surface area contributed by atoms with Crippen molar-refractivity contribution in [1.29, 1.82) is 5.26 Å². The van der Waals surface area contributed by atoms with E-state index in [-0.39, 0.29) is 18.7 Å². The smallest absolute Gasteiger partial charge is 0.337 e. The molecule has 1 aromatic carbocycles. The summed E-state index contributed by atoms with van der Waals surface area (Å²) < 4.78 is 18.7. The number of carbonyl (C=O) groups excluding carboxylic acids is 1. The van der Waals surface area contributed by atoms with Gasteiger partial charge in [-0.1, -0.05) is 6.07 Å². The first-order valence-electron chi connectivity index (χ1n) is 13.7. The molecule has 11 nitrogen and oxygen atoms in total. The number of nitriles is 1. The summed E-state index contributed by atoms with van der Waals surface area (Å²) in [6.45, 7) is 5.86. The number of piperazine rings is 1. The minimum Gasteiger partial charge on any atom is -0.471 e. The van der Waals surface area contributed by atoms with Crippen LogP contribution in [-0.2, 0) is 29.2 Å². The number of esters is 1. The molecule has 41 heavy (non-hydrogen) atoms. The molecule has 6 rings (SSSR count). The first kappa shape index (κ1) is 26.7. The van der Waals surface area contributed by atoms with Crippen LogP contribution >= 0.6 is 0 Å². The van der Waals surface area contributed by atoms with E-state index in [9.17, 15) is 4.79 Å². The van der Waals surface area contributed by atoms with Crippen molar-refractivity contribution in [3.63, 3.8) is 0 Å². The van der Waals surface area contributed by atoms with E-state index in [1.54, 1.807) is 18.2 Å². The molecule has 2 saturated heterocycles. The number of aromatic nitrogens is 4. The lowest BCUT2D eigenvalue weighted by Gasteiger charge is -2.35. The fourth-order valence-electron chi connectivity index (χ4n) is 5.09. The molecule has 5 heterocycles. The number of anilines is 1. The highest BCUT2D eigenvalue weighted by Crippen LogP contribution is 2.24. The maximum absolute atomic E-state index is 12.2. The number of methoxy groups -OCH3 is 1. The molecule has 0 spiro atoms. The van der Waals surface area contributed by atoms with Gasteiger partial charge in [0.25, 0.3) is 0 Å². The standard InChI is InChI=1S/C30H31N7O4/c1-39-30(38)22-6-8-25-26(15-22)37(18-24-9-14-40-24)28(33-25)19-35-10-12-36(13-11-35)27-3-2-4-29(34-27)41-20-23-7-5-21(16-31)17-32-23/h2-8,15,17,24H,9-14,18-20H2,1H3/t24-/m0/s1. The van der Waals surface area contributed by atoms with Crippen LogP contribution in [0, 0.1) is 11.3 Å². The number of ether oxygens (including phenoxy) is 3. The second kappa shape index (κ2) is 11.9. The summed E-state index contributed by atoms with van der Waals surface area (Å²) >= 11 is 0. The molecule has 2 aliphatic heterocycles. The Morgan fingerprint density at radius 3 is 2.68 bits per heavy atom. The molecule has 0 saturated carbocycles. The zero-order valence-electron chi connectivity index (χ0n) is 22.9. The van der Waals surface area contributed by atoms with Gasteiger partial charge in [0.2, 0.25) is 5.88 Å². The van der Waals surface area contributed by atoms with Gasteiger partial charge in [0, 0.05) is 45.0 Å². The third kappa shape index (κ3) is 5.99. The van der Waals surface area contributed by atoms with Crippen LogP contribution in [0.25, 0.3) is 11.0 Å². The van der Waals surface area contributed by atoms with Crippen molar-refractivity contribution in [3.8, 4) is 11.9 Å². The number of pyridine rings is 2. The molecule has 4 aromatic rings. The molecule has 2 aliphatic rings. The second-order valence-electron chi connectivity index (χ2n) is 10.2. The van der Waals surface area contributed by atoms with Crippen molar-refractivity contribution in [2.24, 2.45) is 0 Å². The molecule has 0 aliphatic carbocycles. The molecule has 11 heteroatoms. The fraction of sp³-hybridized carbons (Fsp3) is 0.367. The van der Waals surface area contributed by atoms with Crippen LogP contribution in [0.4, 0.5) is 5.82 Å². The predicted octanol–water partition coefficient (Wildman–Crippen LogP) is 3.17. The number of rotatable bonds is 9. The summed E-state index contributed by atoms with van der Waals surface area (Å²) in [4.78, 5) is 30.7. The molecular formula is C30H31N7O4. The molecule has 0 amide bonds. The van der Waals surface area contributed by atoms with E-state index in [1.807, 2.05) is 30.3 Å². The van der Waals surface area contributed by atoms with Crippen molar-refractivity contribution in [1.82, 2.24) is 24.4 Å². The van der Waals surface area contributed by atoms with Gasteiger partial charge >= 0.3 is 5.97 Å². The maximum atomic E-state index is 12.2. The van der Waals surface area contributed by atoms with E-state index in [0.29, 0.717) is 30.1 Å². The van der Waals surface area contributed by atoms with Gasteiger partial charge in [0.05, 0.1) is 54.2 Å². The van der Waals surface area contributed by atoms with Gasteiger partial charge in [-0.3, -0.25) is 9.88 Å². The average Bonchev–Trinajstić information content (AvgIpc) is 3.34. The van der Waals surface area contributed by atoms with E-state index in [2.05, 4.69) is 25.4 Å². The van der Waals surface area contributed by atoms with Crippen LogP contribution < -0.4 is 9.64 Å². The average molecular weight is 554 g/mol. The van der Waals surface area contributed by atoms with Crippen LogP contribution in [0.5, 0.6) is 5.88 Å². The number of carbonyl (C=O) groups is 1. The highest BCUT2D eigenvalue weighted by atomic mass is 16.5. The summed E-state index contributed by atoms with van der Waals surface area (Å²) in [5.41, 5.74) is 3.56. The van der Waals surface area contributed by atoms with Gasteiger partial charge < -0.3 is 23.7 Å². The maximum Gasteiger partial charge on any atom is 0.337 e. The number of nitrogens with zero attached hydrogens (tertiary/aromatic N) is 7. The van der Waals surface area contributed by atoms with Crippen LogP contribution in [0.15, 0.2) is 54.7 Å². The third-order valence-electron chi connectivity index (χ3n) is 7.52. The van der Waals surface area contributed by atoms with Gasteiger partial charge in [-0.2, -0.15) is 10.2 Å². The summed E-state index contributed by atoms with van der Waals surface area (Å²) in [5.74, 6) is 2.02. The summed E-state index contributed by atoms with van der Waals surface area (Å²) in [5, 5.41) is 8.94. The lowest BCUT2D eigenvalue weighted by atomic mass is 10.1. The second-order valence-corrected chi connectivity index (χ2v) is 10.2. The van der Waals surface area contributed by atoms with E-state index in [1.165, 1.54) is 13.3 Å². The first-order valence-corrected chi connectivity index (χ1v) is 13.7. The summed E-state index contributed by atoms with van der Waals surface area (Å²) in [6, 6.07) is 16.9. The van der Waals surface area contributed by atoms with Crippen LogP contribution in [-0.4, -0.2) is 76.4 Å². The SMILES string of the molecule is COC(=O)c1ccc2nc(CN3CCN(c4cccc(OCc5ccc(C#N)cn5)n4)CC3)n(C[C@@H]3CCO3)c2c1. The van der Waals surface area contributed by atoms with Crippen LogP contribution in [0.1, 0.15) is 33.9 Å². The van der Waals surface area contributed by atoms with E-state index >= 15 is 0 Å². The van der Waals surface area contributed by atoms with Crippen LogP contribution in [0.2, 0.25) is 0 Å². The Balaban J connectivity index is 1.10. The Labute approximate surface area is 237 Å². The number of benzene rings is 1. The normalized spacial score (nSPS) is 17.2. The monoisotopic (exact) mass is 553 g/mol. The highest BCUT2D eigenvalue weighted by Gasteiger charge is 2.25. The van der Waals surface area contributed by atoms with Gasteiger partial charge in [-0.15, -0.1) is 0 Å². The van der Waals surface area contributed by atoms with Crippen molar-refractivity contribution in [2.75, 3.05) is 44.8 Å². The van der Waals surface area contributed by atoms with Gasteiger partial charge in [-0.05, 0) is 42.8 Å². The Kier molecular flexibility index (Phi) is 7.75. The Hall–Kier alpha value is -4.53. The van der Waals surface area contributed by atoms with Gasteiger partial charge in [0.1, 0.15) is 24.3 Å².